The molecule has 4 rings (SSSR count). The van der Waals surface area contributed by atoms with E-state index in [9.17, 15) is 22.4 Å². The van der Waals surface area contributed by atoms with Crippen LogP contribution in [0.4, 0.5) is 17.6 Å². The average molecular weight is 426 g/mol. The van der Waals surface area contributed by atoms with Crippen LogP contribution in [-0.4, -0.2) is 14.5 Å². The quantitative estimate of drug-likeness (QED) is 0.408. The van der Waals surface area contributed by atoms with E-state index in [1.807, 2.05) is 0 Å². The molecule has 0 amide bonds. The molecule has 2 aromatic carbocycles. The van der Waals surface area contributed by atoms with Gasteiger partial charge < -0.3 is 0 Å². The Kier molecular flexibility index (Phi) is 4.43. The molecule has 0 bridgehead atoms. The zero-order valence-electron chi connectivity index (χ0n) is 13.7. The Hall–Kier alpha value is -2.78. The Labute approximate surface area is 163 Å². The zero-order valence-corrected chi connectivity index (χ0v) is 15.2. The van der Waals surface area contributed by atoms with Crippen LogP contribution >= 0.6 is 22.9 Å². The Morgan fingerprint density at radius 2 is 1.75 bits per heavy atom. The van der Waals surface area contributed by atoms with Crippen molar-refractivity contribution in [2.45, 2.75) is 6.18 Å². The highest BCUT2D eigenvalue weighted by Gasteiger charge is 2.38. The largest absolute Gasteiger partial charge is 0.450 e. The lowest BCUT2D eigenvalue weighted by Crippen LogP contribution is -2.28. The number of alkyl halides is 3. The number of thiazole rings is 1. The van der Waals surface area contributed by atoms with Gasteiger partial charge in [-0.2, -0.15) is 13.2 Å². The van der Waals surface area contributed by atoms with Crippen LogP contribution in [0.3, 0.4) is 0 Å². The Morgan fingerprint density at radius 3 is 2.43 bits per heavy atom. The second kappa shape index (κ2) is 6.68. The summed E-state index contributed by atoms with van der Waals surface area (Å²) in [5, 5.41) is 1.69. The first-order valence-electron chi connectivity index (χ1n) is 7.75. The molecule has 0 aliphatic heterocycles. The normalized spacial score (nSPS) is 11.9. The number of rotatable bonds is 2. The van der Waals surface area contributed by atoms with Gasteiger partial charge in [0.2, 0.25) is 5.82 Å². The first-order chi connectivity index (χ1) is 13.2. The minimum Gasteiger partial charge on any atom is -0.268 e. The lowest BCUT2D eigenvalue weighted by atomic mass is 10.2. The lowest BCUT2D eigenvalue weighted by Gasteiger charge is -2.13. The summed E-state index contributed by atoms with van der Waals surface area (Å²) in [6.45, 7) is 0. The van der Waals surface area contributed by atoms with E-state index >= 15 is 0 Å². The molecule has 4 nitrogen and oxygen atoms in total. The van der Waals surface area contributed by atoms with Gasteiger partial charge in [-0.3, -0.25) is 4.79 Å². The monoisotopic (exact) mass is 425 g/mol. The van der Waals surface area contributed by atoms with Gasteiger partial charge in [-0.25, -0.2) is 18.9 Å². The SMILES string of the molecule is O=c1c2ccc(F)cc2nc(C(F)(F)F)n1-c1nc(-c2ccc(Cl)cc2)cs1. The summed E-state index contributed by atoms with van der Waals surface area (Å²) in [4.78, 5) is 20.4. The summed E-state index contributed by atoms with van der Waals surface area (Å²) in [5.41, 5.74) is -0.336. The molecule has 0 atom stereocenters. The van der Waals surface area contributed by atoms with Crippen LogP contribution in [0.1, 0.15) is 5.82 Å². The van der Waals surface area contributed by atoms with Crippen molar-refractivity contribution in [2.24, 2.45) is 0 Å². The number of hydrogen-bond donors (Lipinski definition) is 0. The molecule has 10 heteroatoms. The van der Waals surface area contributed by atoms with E-state index in [1.54, 1.807) is 24.3 Å². The van der Waals surface area contributed by atoms with Gasteiger partial charge >= 0.3 is 6.18 Å². The van der Waals surface area contributed by atoms with Crippen molar-refractivity contribution in [3.05, 3.63) is 74.9 Å². The van der Waals surface area contributed by atoms with E-state index in [1.165, 1.54) is 5.38 Å². The molecule has 0 radical (unpaired) electrons. The third-order valence-corrected chi connectivity index (χ3v) is 4.99. The maximum Gasteiger partial charge on any atom is 0.450 e. The molecule has 0 fully saturated rings. The van der Waals surface area contributed by atoms with E-state index in [2.05, 4.69) is 9.97 Å². The predicted molar refractivity (Wildman–Crippen MR) is 98.4 cm³/mol. The highest BCUT2D eigenvalue weighted by atomic mass is 35.5. The van der Waals surface area contributed by atoms with Crippen LogP contribution in [0.25, 0.3) is 27.3 Å². The Bertz CT molecular complexity index is 1250. The molecule has 28 heavy (non-hydrogen) atoms. The van der Waals surface area contributed by atoms with Gasteiger partial charge in [-0.05, 0) is 24.3 Å². The van der Waals surface area contributed by atoms with E-state index in [4.69, 9.17) is 11.6 Å². The number of fused-ring (bicyclic) bond motifs is 1. The van der Waals surface area contributed by atoms with Crippen molar-refractivity contribution < 1.29 is 17.6 Å². The summed E-state index contributed by atoms with van der Waals surface area (Å²) in [6.07, 6.45) is -4.94. The zero-order chi connectivity index (χ0) is 20.1. The number of hydrogen-bond acceptors (Lipinski definition) is 4. The second-order valence-electron chi connectivity index (χ2n) is 5.76. The molecule has 0 aliphatic carbocycles. The maximum atomic E-state index is 13.6. The van der Waals surface area contributed by atoms with Gasteiger partial charge in [0.25, 0.3) is 5.56 Å². The van der Waals surface area contributed by atoms with E-state index in [-0.39, 0.29) is 16.0 Å². The predicted octanol–water partition coefficient (Wildman–Crippen LogP) is 5.32. The molecule has 142 valence electrons. The van der Waals surface area contributed by atoms with Crippen molar-refractivity contribution in [3.63, 3.8) is 0 Å². The van der Waals surface area contributed by atoms with Crippen molar-refractivity contribution in [1.82, 2.24) is 14.5 Å². The van der Waals surface area contributed by atoms with Gasteiger partial charge in [0.05, 0.1) is 16.6 Å². The van der Waals surface area contributed by atoms with Gasteiger partial charge in [0, 0.05) is 22.0 Å². The minimum atomic E-state index is -4.94. The van der Waals surface area contributed by atoms with Crippen molar-refractivity contribution in [1.29, 1.82) is 0 Å². The van der Waals surface area contributed by atoms with Crippen molar-refractivity contribution in [2.75, 3.05) is 0 Å². The van der Waals surface area contributed by atoms with Gasteiger partial charge in [0.15, 0.2) is 5.13 Å². The summed E-state index contributed by atoms with van der Waals surface area (Å²) in [5.74, 6) is -2.25. The smallest absolute Gasteiger partial charge is 0.268 e. The summed E-state index contributed by atoms with van der Waals surface area (Å²) >= 11 is 6.70. The standard InChI is InChI=1S/C18H8ClF4N3OS/c19-10-3-1-9(2-4-10)14-8-28-17(25-14)26-15(27)12-6-5-11(20)7-13(12)24-16(26)18(21,22)23/h1-8H. The molecule has 0 unspecified atom stereocenters. The highest BCUT2D eigenvalue weighted by Crippen LogP contribution is 2.32. The van der Waals surface area contributed by atoms with Crippen LogP contribution in [-0.2, 0) is 6.18 Å². The van der Waals surface area contributed by atoms with Crippen LogP contribution in [0.5, 0.6) is 0 Å². The first kappa shape index (κ1) is 18.6. The first-order valence-corrected chi connectivity index (χ1v) is 9.01. The van der Waals surface area contributed by atoms with Crippen LogP contribution in [0, 0.1) is 5.82 Å². The van der Waals surface area contributed by atoms with Crippen LogP contribution < -0.4 is 5.56 Å². The fourth-order valence-electron chi connectivity index (χ4n) is 2.65. The van der Waals surface area contributed by atoms with Gasteiger partial charge in [-0.1, -0.05) is 23.7 Å². The third kappa shape index (κ3) is 3.27. The topological polar surface area (TPSA) is 47.8 Å². The average Bonchev–Trinajstić information content (AvgIpc) is 3.10. The summed E-state index contributed by atoms with van der Waals surface area (Å²) in [6, 6.07) is 9.45. The molecule has 0 spiro atoms. The number of benzene rings is 2. The maximum absolute atomic E-state index is 13.6. The molecular formula is C18H8ClF4N3OS. The number of halogens is 5. The van der Waals surface area contributed by atoms with E-state index < -0.39 is 23.4 Å². The Balaban J connectivity index is 1.95. The molecule has 4 aromatic rings. The van der Waals surface area contributed by atoms with Crippen molar-refractivity contribution >= 4 is 33.8 Å². The van der Waals surface area contributed by atoms with Crippen LogP contribution in [0.15, 0.2) is 52.6 Å². The van der Waals surface area contributed by atoms with E-state index in [0.29, 0.717) is 20.8 Å². The van der Waals surface area contributed by atoms with Gasteiger partial charge in [0.1, 0.15) is 5.82 Å². The summed E-state index contributed by atoms with van der Waals surface area (Å²) < 4.78 is 54.5. The Morgan fingerprint density at radius 1 is 1.04 bits per heavy atom. The fourth-order valence-corrected chi connectivity index (χ4v) is 3.60. The van der Waals surface area contributed by atoms with Crippen molar-refractivity contribution in [3.8, 4) is 16.4 Å². The molecular weight excluding hydrogens is 418 g/mol. The molecule has 0 saturated carbocycles. The van der Waals surface area contributed by atoms with Gasteiger partial charge in [-0.15, -0.1) is 11.3 Å². The number of aromatic nitrogens is 3. The highest BCUT2D eigenvalue weighted by molar-refractivity contribution is 7.12. The molecule has 2 heterocycles. The van der Waals surface area contributed by atoms with E-state index in [0.717, 1.165) is 29.5 Å². The lowest BCUT2D eigenvalue weighted by molar-refractivity contribution is -0.146. The minimum absolute atomic E-state index is 0.141. The third-order valence-electron chi connectivity index (χ3n) is 3.91. The molecule has 0 N–H and O–H groups in total. The molecule has 0 aliphatic rings. The fraction of sp³-hybridized carbons (Fsp3) is 0.0556. The van der Waals surface area contributed by atoms with Crippen LogP contribution in [0.2, 0.25) is 5.02 Å². The molecule has 0 saturated heterocycles. The molecule has 2 aromatic heterocycles. The second-order valence-corrected chi connectivity index (χ2v) is 7.03. The number of nitrogens with zero attached hydrogens (tertiary/aromatic N) is 3. The summed E-state index contributed by atoms with van der Waals surface area (Å²) in [7, 11) is 0.